The van der Waals surface area contributed by atoms with Gasteiger partial charge in [-0.25, -0.2) is 0 Å². The van der Waals surface area contributed by atoms with Gasteiger partial charge < -0.3 is 14.8 Å². The molecule has 0 unspecified atom stereocenters. The minimum Gasteiger partial charge on any atom is -0.491 e. The van der Waals surface area contributed by atoms with Crippen LogP contribution in [0.2, 0.25) is 0 Å². The molecule has 28 heavy (non-hydrogen) atoms. The highest BCUT2D eigenvalue weighted by molar-refractivity contribution is 9.10. The topological polar surface area (TPSA) is 47.6 Å². The largest absolute Gasteiger partial charge is 0.491 e. The molecule has 1 amide bonds. The quantitative estimate of drug-likeness (QED) is 0.489. The van der Waals surface area contributed by atoms with Gasteiger partial charge in [0.1, 0.15) is 11.5 Å². The summed E-state index contributed by atoms with van der Waals surface area (Å²) in [4.78, 5) is 12.0. The third-order valence-corrected chi connectivity index (χ3v) is 4.86. The molecule has 0 atom stereocenters. The molecule has 0 aliphatic heterocycles. The molecule has 0 heterocycles. The van der Waals surface area contributed by atoms with Crippen LogP contribution in [0.25, 0.3) is 0 Å². The highest BCUT2D eigenvalue weighted by Crippen LogP contribution is 2.28. The number of carbonyl (C=O) groups excluding carboxylic acids is 1. The molecule has 0 saturated heterocycles. The van der Waals surface area contributed by atoms with Gasteiger partial charge in [-0.3, -0.25) is 4.79 Å². The molecular weight excluding hydrogens is 418 g/mol. The number of hydrogen-bond donors (Lipinski definition) is 1. The summed E-state index contributed by atoms with van der Waals surface area (Å²) in [6.07, 6.45) is 1.96. The number of carbonyl (C=O) groups is 1. The Morgan fingerprint density at radius 3 is 2.39 bits per heavy atom. The fraction of sp³-hybridized carbons (Fsp3) is 0.435. The summed E-state index contributed by atoms with van der Waals surface area (Å²) < 4.78 is 12.1. The molecule has 0 bridgehead atoms. The number of amides is 1. The zero-order valence-corrected chi connectivity index (χ0v) is 18.7. The van der Waals surface area contributed by atoms with Crippen molar-refractivity contribution in [2.75, 3.05) is 13.2 Å². The van der Waals surface area contributed by atoms with Crippen LogP contribution in [-0.2, 0) is 11.2 Å². The zero-order valence-electron chi connectivity index (χ0n) is 17.1. The summed E-state index contributed by atoms with van der Waals surface area (Å²) in [6, 6.07) is 14.1. The lowest BCUT2D eigenvalue weighted by molar-refractivity contribution is -0.123. The third kappa shape index (κ3) is 7.55. The maximum Gasteiger partial charge on any atom is 0.257 e. The summed E-state index contributed by atoms with van der Waals surface area (Å²) in [7, 11) is 0. The average Bonchev–Trinajstić information content (AvgIpc) is 2.65. The molecule has 0 fully saturated rings. The minimum atomic E-state index is -0.111. The molecule has 152 valence electrons. The highest BCUT2D eigenvalue weighted by atomic mass is 79.9. The number of rotatable bonds is 10. The zero-order chi connectivity index (χ0) is 20.5. The molecule has 1 N–H and O–H groups in total. The van der Waals surface area contributed by atoms with E-state index in [9.17, 15) is 4.79 Å². The van der Waals surface area contributed by atoms with Gasteiger partial charge in [0.05, 0.1) is 10.6 Å². The van der Waals surface area contributed by atoms with E-state index in [-0.39, 0.29) is 18.6 Å². The van der Waals surface area contributed by atoms with Crippen molar-refractivity contribution < 1.29 is 14.3 Å². The first kappa shape index (κ1) is 22.3. The van der Waals surface area contributed by atoms with Gasteiger partial charge in [-0.2, -0.15) is 0 Å². The molecule has 0 saturated carbocycles. The summed E-state index contributed by atoms with van der Waals surface area (Å²) in [5.74, 6) is 1.91. The van der Waals surface area contributed by atoms with E-state index in [2.05, 4.69) is 47.2 Å². The van der Waals surface area contributed by atoms with E-state index in [4.69, 9.17) is 9.47 Å². The predicted molar refractivity (Wildman–Crippen MR) is 117 cm³/mol. The van der Waals surface area contributed by atoms with Crippen molar-refractivity contribution >= 4 is 21.8 Å². The summed E-state index contributed by atoms with van der Waals surface area (Å²) >= 11 is 3.51. The highest BCUT2D eigenvalue weighted by Gasteiger charge is 2.08. The number of aryl methyl sites for hydroxylation is 1. The first-order chi connectivity index (χ1) is 13.3. The van der Waals surface area contributed by atoms with Crippen LogP contribution in [-0.4, -0.2) is 25.2 Å². The van der Waals surface area contributed by atoms with Crippen molar-refractivity contribution in [2.45, 2.75) is 52.6 Å². The van der Waals surface area contributed by atoms with Gasteiger partial charge in [0.25, 0.3) is 5.91 Å². The molecule has 5 heteroatoms. The predicted octanol–water partition coefficient (Wildman–Crippen LogP) is 5.49. The summed E-state index contributed by atoms with van der Waals surface area (Å²) in [6.45, 7) is 8.95. The number of benzene rings is 2. The molecule has 2 aromatic carbocycles. The molecule has 0 aromatic heterocycles. The fourth-order valence-electron chi connectivity index (χ4n) is 2.71. The number of hydrogen-bond acceptors (Lipinski definition) is 3. The Balaban J connectivity index is 1.67. The lowest BCUT2D eigenvalue weighted by Crippen LogP contribution is -2.30. The van der Waals surface area contributed by atoms with Crippen molar-refractivity contribution in [1.29, 1.82) is 0 Å². The first-order valence-corrected chi connectivity index (χ1v) is 10.6. The molecule has 0 spiro atoms. The second kappa shape index (κ2) is 11.1. The Morgan fingerprint density at radius 2 is 1.79 bits per heavy atom. The van der Waals surface area contributed by atoms with Gasteiger partial charge in [-0.15, -0.1) is 0 Å². The van der Waals surface area contributed by atoms with Crippen LogP contribution >= 0.6 is 15.9 Å². The van der Waals surface area contributed by atoms with E-state index < -0.39 is 0 Å². The summed E-state index contributed by atoms with van der Waals surface area (Å²) in [5, 5.41) is 2.91. The molecular formula is C23H30BrNO3. The average molecular weight is 448 g/mol. The number of halogens is 1. The summed E-state index contributed by atoms with van der Waals surface area (Å²) in [5.41, 5.74) is 2.46. The van der Waals surface area contributed by atoms with Crippen LogP contribution < -0.4 is 14.8 Å². The third-order valence-electron chi connectivity index (χ3n) is 4.24. The van der Waals surface area contributed by atoms with Crippen molar-refractivity contribution in [3.63, 3.8) is 0 Å². The monoisotopic (exact) mass is 447 g/mol. The van der Waals surface area contributed by atoms with E-state index in [1.165, 1.54) is 11.1 Å². The number of ether oxygens (including phenoxy) is 2. The van der Waals surface area contributed by atoms with Crippen molar-refractivity contribution in [1.82, 2.24) is 5.32 Å². The SMILES string of the molecule is CC(C)Oc1ccc(CCCNC(=O)COc2ccc(C(C)C)cc2Br)cc1. The Bertz CT molecular complexity index is 757. The van der Waals surface area contributed by atoms with Crippen molar-refractivity contribution in [2.24, 2.45) is 0 Å². The Kier molecular flexibility index (Phi) is 8.84. The van der Waals surface area contributed by atoms with Crippen LogP contribution in [0.15, 0.2) is 46.9 Å². The lowest BCUT2D eigenvalue weighted by atomic mass is 10.0. The standard InChI is InChI=1S/C23H30BrNO3/c1-16(2)19-9-12-22(21(24)14-19)27-15-23(26)25-13-5-6-18-7-10-20(11-8-18)28-17(3)4/h7-12,14,16-17H,5-6,13,15H2,1-4H3,(H,25,26). The fourth-order valence-corrected chi connectivity index (χ4v) is 3.23. The smallest absolute Gasteiger partial charge is 0.257 e. The van der Waals surface area contributed by atoms with Crippen molar-refractivity contribution in [3.05, 3.63) is 58.1 Å². The molecule has 0 aliphatic carbocycles. The van der Waals surface area contributed by atoms with Gasteiger partial charge in [-0.1, -0.05) is 32.0 Å². The van der Waals surface area contributed by atoms with Gasteiger partial charge in [0.15, 0.2) is 6.61 Å². The number of nitrogens with one attached hydrogen (secondary N) is 1. The van der Waals surface area contributed by atoms with Gasteiger partial charge in [-0.05, 0) is 83.9 Å². The lowest BCUT2D eigenvalue weighted by Gasteiger charge is -2.12. The molecule has 0 radical (unpaired) electrons. The minimum absolute atomic E-state index is 0.0147. The maximum atomic E-state index is 12.0. The van der Waals surface area contributed by atoms with E-state index in [0.717, 1.165) is 23.1 Å². The first-order valence-electron chi connectivity index (χ1n) is 9.79. The molecule has 0 aliphatic rings. The van der Waals surface area contributed by atoms with Crippen LogP contribution in [0.4, 0.5) is 0 Å². The Labute approximate surface area is 176 Å². The van der Waals surface area contributed by atoms with E-state index in [1.54, 1.807) is 0 Å². The van der Waals surface area contributed by atoms with Gasteiger partial charge in [0.2, 0.25) is 0 Å². The van der Waals surface area contributed by atoms with Crippen LogP contribution in [0, 0.1) is 0 Å². The van der Waals surface area contributed by atoms with Gasteiger partial charge in [0, 0.05) is 6.54 Å². The van der Waals surface area contributed by atoms with Crippen LogP contribution in [0.3, 0.4) is 0 Å². The van der Waals surface area contributed by atoms with E-state index in [1.807, 2.05) is 44.2 Å². The Morgan fingerprint density at radius 1 is 1.07 bits per heavy atom. The molecule has 2 rings (SSSR count). The van der Waals surface area contributed by atoms with Crippen molar-refractivity contribution in [3.8, 4) is 11.5 Å². The van der Waals surface area contributed by atoms with Gasteiger partial charge >= 0.3 is 0 Å². The Hall–Kier alpha value is -2.01. The van der Waals surface area contributed by atoms with E-state index >= 15 is 0 Å². The molecule has 4 nitrogen and oxygen atoms in total. The second-order valence-corrected chi connectivity index (χ2v) is 8.25. The normalized spacial score (nSPS) is 11.0. The van der Waals surface area contributed by atoms with E-state index in [0.29, 0.717) is 18.2 Å². The molecule has 2 aromatic rings. The maximum absolute atomic E-state index is 12.0. The second-order valence-electron chi connectivity index (χ2n) is 7.40. The van der Waals surface area contributed by atoms with Crippen LogP contribution in [0.1, 0.15) is 51.2 Å². The van der Waals surface area contributed by atoms with Crippen LogP contribution in [0.5, 0.6) is 11.5 Å².